The van der Waals surface area contributed by atoms with E-state index in [0.29, 0.717) is 6.42 Å². The molecule has 2 heteroatoms. The third-order valence-electron chi connectivity index (χ3n) is 4.14. The number of hydrogen-bond acceptors (Lipinski definition) is 2. The summed E-state index contributed by atoms with van der Waals surface area (Å²) in [7, 11) is 0. The third kappa shape index (κ3) is 1.48. The minimum Gasteiger partial charge on any atom is -0.300 e. The van der Waals surface area contributed by atoms with E-state index < -0.39 is 5.41 Å². The maximum Gasteiger partial charge on any atom is 0.147 e. The van der Waals surface area contributed by atoms with E-state index in [0.717, 1.165) is 6.42 Å². The van der Waals surface area contributed by atoms with Crippen molar-refractivity contribution < 1.29 is 9.59 Å². The van der Waals surface area contributed by atoms with E-state index in [-0.39, 0.29) is 29.3 Å². The van der Waals surface area contributed by atoms with Crippen LogP contribution in [0, 0.1) is 23.2 Å². The molecule has 86 valence electrons. The molecule has 0 amide bonds. The predicted octanol–water partition coefficient (Wildman–Crippen LogP) is 2.55. The highest BCUT2D eigenvalue weighted by molar-refractivity contribution is 5.95. The minimum atomic E-state index is -0.467. The molecule has 3 aliphatic rings. The second-order valence-electron chi connectivity index (χ2n) is 5.31. The Morgan fingerprint density at radius 1 is 1.62 bits per heavy atom. The molecule has 0 radical (unpaired) electrons. The molecule has 2 nitrogen and oxygen atoms in total. The molecular weight excluding hydrogens is 200 g/mol. The van der Waals surface area contributed by atoms with Crippen LogP contribution in [0.25, 0.3) is 0 Å². The smallest absolute Gasteiger partial charge is 0.147 e. The van der Waals surface area contributed by atoms with E-state index in [9.17, 15) is 9.59 Å². The highest BCUT2D eigenvalue weighted by Crippen LogP contribution is 2.50. The van der Waals surface area contributed by atoms with E-state index in [2.05, 4.69) is 12.7 Å². The first-order valence-electron chi connectivity index (χ1n) is 5.83. The molecule has 0 aromatic rings. The highest BCUT2D eigenvalue weighted by atomic mass is 16.1. The fraction of sp³-hybridized carbons (Fsp3) is 0.571. The molecular formula is C14H18O2. The topological polar surface area (TPSA) is 34.1 Å². The van der Waals surface area contributed by atoms with Crippen molar-refractivity contribution in [1.29, 1.82) is 0 Å². The first kappa shape index (κ1) is 11.3. The molecule has 3 aliphatic carbocycles. The van der Waals surface area contributed by atoms with Crippen molar-refractivity contribution in [2.45, 2.75) is 26.7 Å². The summed E-state index contributed by atoms with van der Waals surface area (Å²) in [6.45, 7) is 7.30. The molecule has 0 N–H and O–H groups in total. The number of allylic oxidation sites excluding steroid dienone is 3. The number of hydrogen-bond donors (Lipinski definition) is 0. The highest BCUT2D eigenvalue weighted by Gasteiger charge is 2.52. The summed E-state index contributed by atoms with van der Waals surface area (Å²) in [6.07, 6.45) is 7.34. The van der Waals surface area contributed by atoms with E-state index >= 15 is 0 Å². The third-order valence-corrected chi connectivity index (χ3v) is 4.14. The van der Waals surface area contributed by atoms with Crippen molar-refractivity contribution in [1.82, 2.24) is 0 Å². The maximum absolute atomic E-state index is 12.4. The van der Waals surface area contributed by atoms with Gasteiger partial charge in [-0.05, 0) is 25.2 Å². The van der Waals surface area contributed by atoms with Crippen LogP contribution in [0.4, 0.5) is 0 Å². The van der Waals surface area contributed by atoms with Crippen molar-refractivity contribution in [2.75, 3.05) is 0 Å². The minimum absolute atomic E-state index is 0.0492. The van der Waals surface area contributed by atoms with Crippen LogP contribution in [-0.2, 0) is 9.59 Å². The van der Waals surface area contributed by atoms with Gasteiger partial charge in [0.1, 0.15) is 11.6 Å². The van der Waals surface area contributed by atoms with E-state index in [4.69, 9.17) is 0 Å². The van der Waals surface area contributed by atoms with Crippen molar-refractivity contribution in [3.63, 3.8) is 0 Å². The largest absolute Gasteiger partial charge is 0.300 e. The van der Waals surface area contributed by atoms with Crippen LogP contribution in [0.2, 0.25) is 0 Å². The Morgan fingerprint density at radius 3 is 2.81 bits per heavy atom. The summed E-state index contributed by atoms with van der Waals surface area (Å²) in [5, 5.41) is 0. The average Bonchev–Trinajstić information content (AvgIpc) is 2.24. The van der Waals surface area contributed by atoms with Crippen LogP contribution in [0.15, 0.2) is 24.8 Å². The lowest BCUT2D eigenvalue weighted by Crippen LogP contribution is -2.50. The zero-order valence-electron chi connectivity index (χ0n) is 9.90. The van der Waals surface area contributed by atoms with E-state index in [1.165, 1.54) is 0 Å². The number of Topliss-reactive ketones (excluding diaryl/α,β-unsaturated/α-hetero) is 2. The van der Waals surface area contributed by atoms with Crippen LogP contribution >= 0.6 is 0 Å². The summed E-state index contributed by atoms with van der Waals surface area (Å²) < 4.78 is 0. The number of fused-ring (bicyclic) bond motifs is 2. The Kier molecular flexibility index (Phi) is 2.61. The number of ketones is 2. The van der Waals surface area contributed by atoms with Gasteiger partial charge >= 0.3 is 0 Å². The fourth-order valence-electron chi connectivity index (χ4n) is 3.21. The zero-order valence-corrected chi connectivity index (χ0v) is 9.90. The fourth-order valence-corrected chi connectivity index (χ4v) is 3.21. The molecule has 4 atom stereocenters. The Balaban J connectivity index is 2.33. The molecule has 0 saturated heterocycles. The molecule has 1 saturated carbocycles. The van der Waals surface area contributed by atoms with Gasteiger partial charge in [-0.3, -0.25) is 9.59 Å². The van der Waals surface area contributed by atoms with Gasteiger partial charge in [0.2, 0.25) is 0 Å². The van der Waals surface area contributed by atoms with Crippen LogP contribution in [0.1, 0.15) is 26.7 Å². The molecule has 0 aromatic carbocycles. The lowest BCUT2D eigenvalue weighted by Gasteiger charge is -2.47. The first-order chi connectivity index (χ1) is 7.49. The quantitative estimate of drug-likeness (QED) is 0.682. The molecule has 3 rings (SSSR count). The van der Waals surface area contributed by atoms with Gasteiger partial charge in [-0.15, -0.1) is 6.58 Å². The Labute approximate surface area is 96.4 Å². The Bertz CT molecular complexity index is 380. The normalized spacial score (nSPS) is 41.1. The van der Waals surface area contributed by atoms with Crippen molar-refractivity contribution in [3.05, 3.63) is 24.8 Å². The lowest BCUT2D eigenvalue weighted by atomic mass is 9.54. The Morgan fingerprint density at radius 2 is 2.31 bits per heavy atom. The van der Waals surface area contributed by atoms with E-state index in [1.54, 1.807) is 6.92 Å². The monoisotopic (exact) mass is 218 g/mol. The SMILES string of the molecule is C=CC1CC2C=CC1C(=O)[C@]2(C)CC(C)=O. The van der Waals surface area contributed by atoms with Crippen molar-refractivity contribution >= 4 is 11.6 Å². The number of carbonyl (C=O) groups is 2. The van der Waals surface area contributed by atoms with Gasteiger partial charge in [0, 0.05) is 17.8 Å². The van der Waals surface area contributed by atoms with Gasteiger partial charge in [0.05, 0.1) is 0 Å². The van der Waals surface area contributed by atoms with Crippen LogP contribution in [0.5, 0.6) is 0 Å². The van der Waals surface area contributed by atoms with Gasteiger partial charge in [-0.2, -0.15) is 0 Å². The van der Waals surface area contributed by atoms with Crippen molar-refractivity contribution in [3.8, 4) is 0 Å². The number of carbonyl (C=O) groups excluding carboxylic acids is 2. The molecule has 0 spiro atoms. The molecule has 0 aliphatic heterocycles. The van der Waals surface area contributed by atoms with Gasteiger partial charge < -0.3 is 0 Å². The van der Waals surface area contributed by atoms with Crippen LogP contribution in [-0.4, -0.2) is 11.6 Å². The predicted molar refractivity (Wildman–Crippen MR) is 62.8 cm³/mol. The Hall–Kier alpha value is -1.18. The van der Waals surface area contributed by atoms with E-state index in [1.807, 2.05) is 19.1 Å². The molecule has 0 aromatic heterocycles. The number of rotatable bonds is 3. The lowest BCUT2D eigenvalue weighted by molar-refractivity contribution is -0.142. The molecule has 2 bridgehead atoms. The second kappa shape index (κ2) is 3.69. The molecule has 0 heterocycles. The first-order valence-corrected chi connectivity index (χ1v) is 5.83. The molecule has 3 unspecified atom stereocenters. The molecule has 16 heavy (non-hydrogen) atoms. The summed E-state index contributed by atoms with van der Waals surface area (Å²) in [5.41, 5.74) is -0.467. The molecule has 1 fully saturated rings. The van der Waals surface area contributed by atoms with Gasteiger partial charge in [-0.1, -0.05) is 25.2 Å². The van der Waals surface area contributed by atoms with Crippen LogP contribution in [0.3, 0.4) is 0 Å². The van der Waals surface area contributed by atoms with Gasteiger partial charge in [0.15, 0.2) is 0 Å². The van der Waals surface area contributed by atoms with Crippen molar-refractivity contribution in [2.24, 2.45) is 23.2 Å². The summed E-state index contributed by atoms with van der Waals surface area (Å²) in [4.78, 5) is 23.7. The standard InChI is InChI=1S/C14H18O2/c1-4-10-7-11-5-6-12(10)13(16)14(11,3)8-9(2)15/h4-6,10-12H,1,7-8H2,2-3H3/t10?,11?,12?,14-/m1/s1. The van der Waals surface area contributed by atoms with Gasteiger partial charge in [-0.25, -0.2) is 0 Å². The summed E-state index contributed by atoms with van der Waals surface area (Å²) in [6, 6.07) is 0. The summed E-state index contributed by atoms with van der Waals surface area (Å²) >= 11 is 0. The second-order valence-corrected chi connectivity index (χ2v) is 5.31. The van der Waals surface area contributed by atoms with Crippen LogP contribution < -0.4 is 0 Å². The average molecular weight is 218 g/mol. The zero-order chi connectivity index (χ0) is 11.9. The summed E-state index contributed by atoms with van der Waals surface area (Å²) in [5.74, 6) is 0.754. The van der Waals surface area contributed by atoms with Gasteiger partial charge in [0.25, 0.3) is 0 Å². The maximum atomic E-state index is 12.4.